The Morgan fingerprint density at radius 3 is 2.41 bits per heavy atom. The summed E-state index contributed by atoms with van der Waals surface area (Å²) < 4.78 is 14.7. The molecule has 0 aliphatic rings. The molecule has 0 bridgehead atoms. The molecule has 2 atom stereocenters. The predicted molar refractivity (Wildman–Crippen MR) is 65.0 cm³/mol. The Labute approximate surface area is 100 Å². The molecule has 0 aliphatic carbocycles. The molecule has 0 fully saturated rings. The number of nitrogens with zero attached hydrogens (tertiary/aromatic N) is 2. The van der Waals surface area contributed by atoms with E-state index in [0.717, 1.165) is 11.3 Å². The summed E-state index contributed by atoms with van der Waals surface area (Å²) in [5, 5.41) is 4.34. The van der Waals surface area contributed by atoms with Crippen molar-refractivity contribution in [2.45, 2.75) is 25.9 Å². The van der Waals surface area contributed by atoms with Crippen molar-refractivity contribution >= 4 is 0 Å². The Kier molecular flexibility index (Phi) is 3.24. The molecule has 2 N–H and O–H groups in total. The fraction of sp³-hybridized carbons (Fsp3) is 0.308. The second-order valence-corrected chi connectivity index (χ2v) is 4.26. The van der Waals surface area contributed by atoms with Crippen molar-refractivity contribution in [3.05, 3.63) is 53.6 Å². The Morgan fingerprint density at radius 2 is 1.88 bits per heavy atom. The van der Waals surface area contributed by atoms with E-state index in [4.69, 9.17) is 5.73 Å². The van der Waals surface area contributed by atoms with Crippen LogP contribution in [-0.4, -0.2) is 9.78 Å². The number of halogens is 1. The maximum Gasteiger partial charge on any atom is 0.123 e. The molecule has 0 amide bonds. The molecule has 0 aliphatic heterocycles. The fourth-order valence-electron chi connectivity index (χ4n) is 1.79. The third kappa shape index (κ3) is 2.53. The summed E-state index contributed by atoms with van der Waals surface area (Å²) in [6.45, 7) is 3.94. The summed E-state index contributed by atoms with van der Waals surface area (Å²) in [4.78, 5) is 0. The van der Waals surface area contributed by atoms with Crippen LogP contribution in [0.15, 0.2) is 36.5 Å². The van der Waals surface area contributed by atoms with E-state index in [1.54, 1.807) is 12.1 Å². The zero-order valence-electron chi connectivity index (χ0n) is 9.97. The van der Waals surface area contributed by atoms with Gasteiger partial charge in [0.15, 0.2) is 0 Å². The quantitative estimate of drug-likeness (QED) is 0.885. The predicted octanol–water partition coefficient (Wildman–Crippen LogP) is 2.59. The molecule has 0 spiro atoms. The van der Waals surface area contributed by atoms with Gasteiger partial charge < -0.3 is 5.73 Å². The van der Waals surface area contributed by atoms with Crippen molar-refractivity contribution in [3.63, 3.8) is 0 Å². The van der Waals surface area contributed by atoms with Crippen LogP contribution in [0.25, 0.3) is 0 Å². The molecule has 1 aromatic carbocycles. The second-order valence-electron chi connectivity index (χ2n) is 4.26. The summed E-state index contributed by atoms with van der Waals surface area (Å²) in [5.41, 5.74) is 8.02. The van der Waals surface area contributed by atoms with E-state index < -0.39 is 0 Å². The summed E-state index contributed by atoms with van der Waals surface area (Å²) >= 11 is 0. The molecule has 0 saturated heterocycles. The minimum Gasteiger partial charge on any atom is -0.322 e. The standard InChI is InChI=1S/C13H16FN3/c1-9-7-8-17(16-9)10(2)13(15)11-3-5-12(14)6-4-11/h3-8,10,13H,15H2,1-2H3. The van der Waals surface area contributed by atoms with Gasteiger partial charge in [-0.1, -0.05) is 12.1 Å². The van der Waals surface area contributed by atoms with Crippen LogP contribution in [0.3, 0.4) is 0 Å². The molecule has 0 radical (unpaired) electrons. The molecule has 1 heterocycles. The van der Waals surface area contributed by atoms with Gasteiger partial charge in [0.1, 0.15) is 5.82 Å². The fourth-order valence-corrected chi connectivity index (χ4v) is 1.79. The topological polar surface area (TPSA) is 43.8 Å². The van der Waals surface area contributed by atoms with Crippen molar-refractivity contribution in [2.75, 3.05) is 0 Å². The second kappa shape index (κ2) is 4.67. The highest BCUT2D eigenvalue weighted by Gasteiger charge is 2.17. The highest BCUT2D eigenvalue weighted by atomic mass is 19.1. The number of benzene rings is 1. The molecule has 90 valence electrons. The van der Waals surface area contributed by atoms with Gasteiger partial charge in [0.2, 0.25) is 0 Å². The van der Waals surface area contributed by atoms with Gasteiger partial charge >= 0.3 is 0 Å². The lowest BCUT2D eigenvalue weighted by molar-refractivity contribution is 0.413. The molecule has 3 nitrogen and oxygen atoms in total. The first-order valence-corrected chi connectivity index (χ1v) is 5.61. The Morgan fingerprint density at radius 1 is 1.24 bits per heavy atom. The van der Waals surface area contributed by atoms with Crippen LogP contribution in [0.4, 0.5) is 4.39 Å². The van der Waals surface area contributed by atoms with E-state index >= 15 is 0 Å². The number of aromatic nitrogens is 2. The lowest BCUT2D eigenvalue weighted by Crippen LogP contribution is -2.22. The maximum absolute atomic E-state index is 12.8. The van der Waals surface area contributed by atoms with Gasteiger partial charge in [-0.05, 0) is 37.6 Å². The van der Waals surface area contributed by atoms with Gasteiger partial charge in [-0.15, -0.1) is 0 Å². The lowest BCUT2D eigenvalue weighted by Gasteiger charge is -2.20. The zero-order chi connectivity index (χ0) is 12.4. The van der Waals surface area contributed by atoms with Crippen LogP contribution >= 0.6 is 0 Å². The zero-order valence-corrected chi connectivity index (χ0v) is 9.97. The molecule has 4 heteroatoms. The van der Waals surface area contributed by atoms with Gasteiger partial charge in [-0.3, -0.25) is 4.68 Å². The van der Waals surface area contributed by atoms with Crippen LogP contribution < -0.4 is 5.73 Å². The third-order valence-electron chi connectivity index (χ3n) is 2.93. The summed E-state index contributed by atoms with van der Waals surface area (Å²) in [6, 6.07) is 8.06. The van der Waals surface area contributed by atoms with Crippen molar-refractivity contribution < 1.29 is 4.39 Å². The number of aryl methyl sites for hydroxylation is 1. The molecular weight excluding hydrogens is 217 g/mol. The first-order valence-electron chi connectivity index (χ1n) is 5.61. The average molecular weight is 233 g/mol. The van der Waals surface area contributed by atoms with Gasteiger partial charge in [-0.2, -0.15) is 5.10 Å². The Bertz CT molecular complexity index is 490. The van der Waals surface area contributed by atoms with Crippen molar-refractivity contribution in [1.29, 1.82) is 0 Å². The van der Waals surface area contributed by atoms with Gasteiger partial charge in [0, 0.05) is 6.20 Å². The number of nitrogens with two attached hydrogens (primary N) is 1. The Balaban J connectivity index is 2.19. The number of rotatable bonds is 3. The van der Waals surface area contributed by atoms with Crippen LogP contribution in [-0.2, 0) is 0 Å². The normalized spacial score (nSPS) is 14.6. The van der Waals surface area contributed by atoms with Crippen LogP contribution in [0.5, 0.6) is 0 Å². The van der Waals surface area contributed by atoms with E-state index in [-0.39, 0.29) is 17.9 Å². The smallest absolute Gasteiger partial charge is 0.123 e. The Hall–Kier alpha value is -1.68. The van der Waals surface area contributed by atoms with E-state index in [2.05, 4.69) is 5.10 Å². The summed E-state index contributed by atoms with van der Waals surface area (Å²) in [6.07, 6.45) is 1.91. The SMILES string of the molecule is Cc1ccn(C(C)C(N)c2ccc(F)cc2)n1. The first kappa shape index (κ1) is 11.8. The minimum atomic E-state index is -0.247. The van der Waals surface area contributed by atoms with Crippen LogP contribution in [0.2, 0.25) is 0 Å². The summed E-state index contributed by atoms with van der Waals surface area (Å²) in [5.74, 6) is -0.247. The van der Waals surface area contributed by atoms with Crippen molar-refractivity contribution in [3.8, 4) is 0 Å². The van der Waals surface area contributed by atoms with Gasteiger partial charge in [-0.25, -0.2) is 4.39 Å². The number of hydrogen-bond donors (Lipinski definition) is 1. The molecule has 0 saturated carbocycles. The molecular formula is C13H16FN3. The highest BCUT2D eigenvalue weighted by molar-refractivity contribution is 5.20. The monoisotopic (exact) mass is 233 g/mol. The largest absolute Gasteiger partial charge is 0.322 e. The lowest BCUT2D eigenvalue weighted by atomic mass is 10.0. The maximum atomic E-state index is 12.8. The third-order valence-corrected chi connectivity index (χ3v) is 2.93. The summed E-state index contributed by atoms with van der Waals surface area (Å²) in [7, 11) is 0. The van der Waals surface area contributed by atoms with Gasteiger partial charge in [0.25, 0.3) is 0 Å². The molecule has 2 rings (SSSR count). The first-order chi connectivity index (χ1) is 8.08. The van der Waals surface area contributed by atoms with Crippen molar-refractivity contribution in [1.82, 2.24) is 9.78 Å². The minimum absolute atomic E-state index is 0.0363. The number of hydrogen-bond acceptors (Lipinski definition) is 2. The molecule has 2 aromatic rings. The van der Waals surface area contributed by atoms with E-state index in [9.17, 15) is 4.39 Å². The average Bonchev–Trinajstić information content (AvgIpc) is 2.75. The van der Waals surface area contributed by atoms with Crippen LogP contribution in [0.1, 0.15) is 30.3 Å². The van der Waals surface area contributed by atoms with Crippen LogP contribution in [0, 0.1) is 12.7 Å². The van der Waals surface area contributed by atoms with E-state index in [0.29, 0.717) is 0 Å². The van der Waals surface area contributed by atoms with Crippen molar-refractivity contribution in [2.24, 2.45) is 5.73 Å². The highest BCUT2D eigenvalue weighted by Crippen LogP contribution is 2.23. The van der Waals surface area contributed by atoms with Gasteiger partial charge in [0.05, 0.1) is 17.8 Å². The molecule has 2 unspecified atom stereocenters. The molecule has 17 heavy (non-hydrogen) atoms. The van der Waals surface area contributed by atoms with E-state index in [1.807, 2.05) is 30.8 Å². The van der Waals surface area contributed by atoms with E-state index in [1.165, 1.54) is 12.1 Å². The molecule has 1 aromatic heterocycles.